The van der Waals surface area contributed by atoms with Gasteiger partial charge in [-0.1, -0.05) is 12.1 Å². The van der Waals surface area contributed by atoms with Crippen LogP contribution in [0.5, 0.6) is 0 Å². The number of hydrogen-bond donors (Lipinski definition) is 3. The largest absolute Gasteiger partial charge is 0.396 e. The van der Waals surface area contributed by atoms with Gasteiger partial charge in [0.2, 0.25) is 0 Å². The fourth-order valence-electron chi connectivity index (χ4n) is 3.15. The predicted octanol–water partition coefficient (Wildman–Crippen LogP) is 1.51. The molecule has 0 spiro atoms. The van der Waals surface area contributed by atoms with Gasteiger partial charge in [-0.05, 0) is 49.1 Å². The minimum Gasteiger partial charge on any atom is -0.396 e. The van der Waals surface area contributed by atoms with E-state index < -0.39 is 0 Å². The first-order valence-corrected chi connectivity index (χ1v) is 8.47. The van der Waals surface area contributed by atoms with Gasteiger partial charge < -0.3 is 15.3 Å². The monoisotopic (exact) mass is 328 g/mol. The van der Waals surface area contributed by atoms with Crippen molar-refractivity contribution in [2.24, 2.45) is 5.92 Å². The van der Waals surface area contributed by atoms with Gasteiger partial charge in [0, 0.05) is 38.0 Å². The fourth-order valence-corrected chi connectivity index (χ4v) is 3.15. The topological polar surface area (TPSA) is 81.2 Å². The van der Waals surface area contributed by atoms with Gasteiger partial charge in [-0.15, -0.1) is 0 Å². The van der Waals surface area contributed by atoms with Gasteiger partial charge in [0.25, 0.3) is 5.91 Å². The number of hydrogen-bond acceptors (Lipinski definition) is 4. The smallest absolute Gasteiger partial charge is 0.251 e. The number of carbonyl (C=O) groups excluding carboxylic acids is 1. The summed E-state index contributed by atoms with van der Waals surface area (Å²) in [5.41, 5.74) is 2.60. The van der Waals surface area contributed by atoms with Crippen LogP contribution in [0.1, 0.15) is 23.2 Å². The summed E-state index contributed by atoms with van der Waals surface area (Å²) in [5.74, 6) is 0.325. The van der Waals surface area contributed by atoms with Crippen molar-refractivity contribution in [1.82, 2.24) is 20.4 Å². The molecule has 0 unspecified atom stereocenters. The second kappa shape index (κ2) is 8.08. The summed E-state index contributed by atoms with van der Waals surface area (Å²) in [6, 6.07) is 9.38. The van der Waals surface area contributed by atoms with E-state index in [0.717, 1.165) is 43.7 Å². The Labute approximate surface area is 141 Å². The number of carbonyl (C=O) groups is 1. The standard InChI is InChI=1S/C18H24N4O2/c23-13-14-2-1-10-22(12-14)11-9-19-18(24)16-5-3-15(4-6-16)17-7-8-20-21-17/h3-8,14,23H,1-2,9-13H2,(H,19,24)(H,20,21)/t14-/m0/s1. The van der Waals surface area contributed by atoms with Gasteiger partial charge in [0.15, 0.2) is 0 Å². The number of aromatic nitrogens is 2. The third-order valence-corrected chi connectivity index (χ3v) is 4.53. The van der Waals surface area contributed by atoms with E-state index in [2.05, 4.69) is 20.4 Å². The van der Waals surface area contributed by atoms with Gasteiger partial charge in [-0.3, -0.25) is 9.89 Å². The zero-order valence-corrected chi connectivity index (χ0v) is 13.7. The quantitative estimate of drug-likeness (QED) is 0.751. The summed E-state index contributed by atoms with van der Waals surface area (Å²) < 4.78 is 0. The number of nitrogens with zero attached hydrogens (tertiary/aromatic N) is 2. The number of benzene rings is 1. The number of rotatable bonds is 6. The SMILES string of the molecule is O=C(NCCN1CCC[C@H](CO)C1)c1ccc(-c2ccn[nH]2)cc1. The lowest BCUT2D eigenvalue weighted by Gasteiger charge is -2.31. The van der Waals surface area contributed by atoms with E-state index in [9.17, 15) is 9.90 Å². The summed E-state index contributed by atoms with van der Waals surface area (Å²) in [5, 5.41) is 19.1. The Morgan fingerprint density at radius 2 is 2.17 bits per heavy atom. The van der Waals surface area contributed by atoms with Gasteiger partial charge in [0.05, 0.1) is 5.69 Å². The number of likely N-dealkylation sites (tertiary alicyclic amines) is 1. The van der Waals surface area contributed by atoms with Crippen LogP contribution < -0.4 is 5.32 Å². The average molecular weight is 328 g/mol. The maximum Gasteiger partial charge on any atom is 0.251 e. The maximum absolute atomic E-state index is 12.2. The average Bonchev–Trinajstić information content (AvgIpc) is 3.16. The van der Waals surface area contributed by atoms with Gasteiger partial charge in [-0.2, -0.15) is 5.10 Å². The molecule has 1 aliphatic rings. The first-order chi connectivity index (χ1) is 11.8. The van der Waals surface area contributed by atoms with Crippen molar-refractivity contribution in [2.45, 2.75) is 12.8 Å². The zero-order valence-electron chi connectivity index (χ0n) is 13.7. The van der Waals surface area contributed by atoms with Crippen molar-refractivity contribution in [2.75, 3.05) is 32.8 Å². The van der Waals surface area contributed by atoms with Crippen LogP contribution in [0.3, 0.4) is 0 Å². The molecule has 6 heteroatoms. The highest BCUT2D eigenvalue weighted by molar-refractivity contribution is 5.94. The molecule has 1 atom stereocenters. The molecule has 1 saturated heterocycles. The highest BCUT2D eigenvalue weighted by Gasteiger charge is 2.18. The van der Waals surface area contributed by atoms with E-state index in [-0.39, 0.29) is 12.5 Å². The van der Waals surface area contributed by atoms with Crippen LogP contribution in [0.15, 0.2) is 36.5 Å². The molecular weight excluding hydrogens is 304 g/mol. The summed E-state index contributed by atoms with van der Waals surface area (Å²) in [6.45, 7) is 3.68. The van der Waals surface area contributed by atoms with Crippen molar-refractivity contribution in [1.29, 1.82) is 0 Å². The summed E-state index contributed by atoms with van der Waals surface area (Å²) in [7, 11) is 0. The highest BCUT2D eigenvalue weighted by atomic mass is 16.3. The first-order valence-electron chi connectivity index (χ1n) is 8.47. The minimum atomic E-state index is -0.0538. The normalized spacial score (nSPS) is 18.5. The lowest BCUT2D eigenvalue weighted by Crippen LogP contribution is -2.41. The molecule has 1 aromatic heterocycles. The number of amides is 1. The maximum atomic E-state index is 12.2. The molecule has 1 aliphatic heterocycles. The van der Waals surface area contributed by atoms with E-state index >= 15 is 0 Å². The Bertz CT molecular complexity index is 640. The second-order valence-corrected chi connectivity index (χ2v) is 6.30. The number of aromatic amines is 1. The molecule has 1 fully saturated rings. The van der Waals surface area contributed by atoms with Crippen molar-refractivity contribution >= 4 is 5.91 Å². The molecular formula is C18H24N4O2. The van der Waals surface area contributed by atoms with Crippen molar-refractivity contribution < 1.29 is 9.90 Å². The van der Waals surface area contributed by atoms with Crippen molar-refractivity contribution in [3.8, 4) is 11.3 Å². The Morgan fingerprint density at radius 3 is 2.88 bits per heavy atom. The van der Waals surface area contributed by atoms with E-state index in [1.807, 2.05) is 30.3 Å². The van der Waals surface area contributed by atoms with Crippen LogP contribution in [0, 0.1) is 5.92 Å². The van der Waals surface area contributed by atoms with Crippen LogP contribution in [0.25, 0.3) is 11.3 Å². The Hall–Kier alpha value is -2.18. The Morgan fingerprint density at radius 1 is 1.33 bits per heavy atom. The number of H-pyrrole nitrogens is 1. The molecule has 6 nitrogen and oxygen atoms in total. The van der Waals surface area contributed by atoms with Crippen LogP contribution in [-0.2, 0) is 0 Å². The lowest BCUT2D eigenvalue weighted by molar-refractivity contribution is 0.0930. The molecule has 24 heavy (non-hydrogen) atoms. The van der Waals surface area contributed by atoms with E-state index in [4.69, 9.17) is 0 Å². The molecule has 3 rings (SSSR count). The lowest BCUT2D eigenvalue weighted by atomic mass is 9.99. The zero-order chi connectivity index (χ0) is 16.8. The molecule has 3 N–H and O–H groups in total. The summed E-state index contributed by atoms with van der Waals surface area (Å²) >= 11 is 0. The van der Waals surface area contributed by atoms with Crippen LogP contribution in [0.4, 0.5) is 0 Å². The summed E-state index contributed by atoms with van der Waals surface area (Å²) in [4.78, 5) is 14.5. The highest BCUT2D eigenvalue weighted by Crippen LogP contribution is 2.17. The van der Waals surface area contributed by atoms with Crippen molar-refractivity contribution in [3.63, 3.8) is 0 Å². The molecule has 0 bridgehead atoms. The second-order valence-electron chi connectivity index (χ2n) is 6.30. The fraction of sp³-hybridized carbons (Fsp3) is 0.444. The van der Waals surface area contributed by atoms with Crippen molar-refractivity contribution in [3.05, 3.63) is 42.1 Å². The Balaban J connectivity index is 1.46. The van der Waals surface area contributed by atoms with Gasteiger partial charge in [-0.25, -0.2) is 0 Å². The molecule has 0 saturated carbocycles. The molecule has 0 aliphatic carbocycles. The van der Waals surface area contributed by atoms with E-state index in [1.54, 1.807) is 6.20 Å². The van der Waals surface area contributed by atoms with Crippen LogP contribution in [-0.4, -0.2) is 58.9 Å². The number of nitrogens with one attached hydrogen (secondary N) is 2. The molecule has 0 radical (unpaired) electrons. The third kappa shape index (κ3) is 4.21. The predicted molar refractivity (Wildman–Crippen MR) is 92.6 cm³/mol. The molecule has 2 heterocycles. The molecule has 2 aromatic rings. The molecule has 1 aromatic carbocycles. The number of aliphatic hydroxyl groups is 1. The molecule has 1 amide bonds. The van der Waals surface area contributed by atoms with Crippen LogP contribution in [0.2, 0.25) is 0 Å². The Kier molecular flexibility index (Phi) is 5.61. The molecule has 128 valence electrons. The van der Waals surface area contributed by atoms with Crippen LogP contribution >= 0.6 is 0 Å². The van der Waals surface area contributed by atoms with E-state index in [0.29, 0.717) is 18.0 Å². The number of aliphatic hydroxyl groups excluding tert-OH is 1. The first kappa shape index (κ1) is 16.7. The van der Waals surface area contributed by atoms with E-state index in [1.165, 1.54) is 0 Å². The van der Waals surface area contributed by atoms with Gasteiger partial charge in [0.1, 0.15) is 0 Å². The third-order valence-electron chi connectivity index (χ3n) is 4.53. The minimum absolute atomic E-state index is 0.0538. The van der Waals surface area contributed by atoms with Gasteiger partial charge >= 0.3 is 0 Å². The summed E-state index contributed by atoms with van der Waals surface area (Å²) in [6.07, 6.45) is 3.92. The number of piperidine rings is 1.